The molecule has 10 heteroatoms. The Kier molecular flexibility index (Phi) is 4.97. The quantitative estimate of drug-likeness (QED) is 0.649. The van der Waals surface area contributed by atoms with Gasteiger partial charge in [-0.25, -0.2) is 4.79 Å². The number of carbonyl (C=O) groups excluding carboxylic acids is 1. The summed E-state index contributed by atoms with van der Waals surface area (Å²) in [7, 11) is 0. The molecule has 1 aromatic carbocycles. The molecule has 1 aliphatic rings. The monoisotopic (exact) mass is 347 g/mol. The fourth-order valence-electron chi connectivity index (χ4n) is 2.73. The lowest BCUT2D eigenvalue weighted by Crippen LogP contribution is -2.42. The summed E-state index contributed by atoms with van der Waals surface area (Å²) in [6.07, 6.45) is -4.24. The minimum Gasteiger partial charge on any atom is -0.394 e. The van der Waals surface area contributed by atoms with Gasteiger partial charge in [-0.1, -0.05) is 6.92 Å². The van der Waals surface area contributed by atoms with Crippen molar-refractivity contribution in [3.05, 3.63) is 33.9 Å². The van der Waals surface area contributed by atoms with Crippen LogP contribution in [0.2, 0.25) is 0 Å². The van der Waals surface area contributed by atoms with E-state index in [4.69, 9.17) is 0 Å². The molecule has 0 aromatic heterocycles. The number of rotatable bonds is 3. The first kappa shape index (κ1) is 18.0. The third-order valence-electron chi connectivity index (χ3n) is 4.08. The Labute approximate surface area is 135 Å². The van der Waals surface area contributed by atoms with Gasteiger partial charge in [-0.2, -0.15) is 13.2 Å². The Morgan fingerprint density at radius 1 is 1.50 bits per heavy atom. The molecule has 0 unspecified atom stereocenters. The predicted molar refractivity (Wildman–Crippen MR) is 78.5 cm³/mol. The zero-order valence-electron chi connectivity index (χ0n) is 12.7. The fourth-order valence-corrected chi connectivity index (χ4v) is 2.73. The minimum atomic E-state index is -4.92. The summed E-state index contributed by atoms with van der Waals surface area (Å²) in [5.41, 5.74) is -2.71. The van der Waals surface area contributed by atoms with Crippen LogP contribution in [0.25, 0.3) is 0 Å². The van der Waals surface area contributed by atoms with E-state index >= 15 is 0 Å². The zero-order chi connectivity index (χ0) is 18.1. The van der Waals surface area contributed by atoms with Gasteiger partial charge in [-0.15, -0.1) is 0 Å². The lowest BCUT2D eigenvalue weighted by Gasteiger charge is -2.25. The molecule has 132 valence electrons. The Bertz CT molecular complexity index is 651. The number of nitrogens with one attached hydrogen (secondary N) is 1. The first-order chi connectivity index (χ1) is 11.1. The van der Waals surface area contributed by atoms with Crippen molar-refractivity contribution < 1.29 is 28.0 Å². The number of hydrogen-bond donors (Lipinski definition) is 2. The SMILES string of the molecule is C[C@@H]1CCN(C(=O)Nc2ccc([N+](=O)[O-])c(C(F)(F)F)c2)[C@H]1CO. The molecule has 7 nitrogen and oxygen atoms in total. The van der Waals surface area contributed by atoms with Crippen molar-refractivity contribution in [3.8, 4) is 0 Å². The van der Waals surface area contributed by atoms with Crippen LogP contribution in [0.3, 0.4) is 0 Å². The van der Waals surface area contributed by atoms with E-state index in [1.165, 1.54) is 4.90 Å². The van der Waals surface area contributed by atoms with Crippen molar-refractivity contribution in [1.82, 2.24) is 4.90 Å². The van der Waals surface area contributed by atoms with Crippen LogP contribution in [0.5, 0.6) is 0 Å². The van der Waals surface area contributed by atoms with Crippen LogP contribution in [0.4, 0.5) is 29.3 Å². The van der Waals surface area contributed by atoms with Gasteiger partial charge in [0.15, 0.2) is 0 Å². The molecule has 2 rings (SSSR count). The summed E-state index contributed by atoms with van der Waals surface area (Å²) in [6, 6.07) is 1.21. The summed E-state index contributed by atoms with van der Waals surface area (Å²) in [5, 5.41) is 22.3. The van der Waals surface area contributed by atoms with E-state index in [2.05, 4.69) is 5.32 Å². The second-order valence-corrected chi connectivity index (χ2v) is 5.63. The molecule has 0 spiro atoms. The van der Waals surface area contributed by atoms with Gasteiger partial charge in [0.25, 0.3) is 5.69 Å². The van der Waals surface area contributed by atoms with Crippen LogP contribution in [0.15, 0.2) is 18.2 Å². The maximum Gasteiger partial charge on any atom is 0.423 e. The molecule has 0 bridgehead atoms. The number of hydrogen-bond acceptors (Lipinski definition) is 4. The standard InChI is InChI=1S/C14H16F3N3O4/c1-8-4-5-19(12(8)7-21)13(22)18-9-2-3-11(20(23)24)10(6-9)14(15,16)17/h2-3,6,8,12,21H,4-5,7H2,1H3,(H,18,22)/t8-,12+/m1/s1. The first-order valence-electron chi connectivity index (χ1n) is 7.19. The summed E-state index contributed by atoms with van der Waals surface area (Å²) in [6.45, 7) is 1.99. The molecule has 1 fully saturated rings. The molecule has 1 aliphatic heterocycles. The lowest BCUT2D eigenvalue weighted by molar-refractivity contribution is -0.388. The number of anilines is 1. The van der Waals surface area contributed by atoms with E-state index in [-0.39, 0.29) is 18.2 Å². The number of halogens is 3. The predicted octanol–water partition coefficient (Wildman–Crippen LogP) is 2.85. The van der Waals surface area contributed by atoms with E-state index in [9.17, 15) is 33.2 Å². The van der Waals surface area contributed by atoms with E-state index in [0.717, 1.165) is 6.07 Å². The second kappa shape index (κ2) is 6.63. The number of benzene rings is 1. The van der Waals surface area contributed by atoms with Gasteiger partial charge in [-0.3, -0.25) is 10.1 Å². The summed E-state index contributed by atoms with van der Waals surface area (Å²) < 4.78 is 38.8. The number of carbonyl (C=O) groups is 1. The second-order valence-electron chi connectivity index (χ2n) is 5.63. The number of likely N-dealkylation sites (tertiary alicyclic amines) is 1. The summed E-state index contributed by atoms with van der Waals surface area (Å²) in [5.74, 6) is 0.0725. The number of nitro groups is 1. The molecule has 0 saturated carbocycles. The molecule has 1 aromatic rings. The van der Waals surface area contributed by atoms with E-state index in [0.29, 0.717) is 25.1 Å². The zero-order valence-corrected chi connectivity index (χ0v) is 12.7. The van der Waals surface area contributed by atoms with Crippen LogP contribution < -0.4 is 5.32 Å². The van der Waals surface area contributed by atoms with Crippen molar-refractivity contribution >= 4 is 17.4 Å². The van der Waals surface area contributed by atoms with Crippen LogP contribution in [0, 0.1) is 16.0 Å². The highest BCUT2D eigenvalue weighted by Gasteiger charge is 2.39. The Hall–Kier alpha value is -2.36. The molecule has 2 atom stereocenters. The number of aliphatic hydroxyl groups excluding tert-OH is 1. The van der Waals surface area contributed by atoms with Crippen LogP contribution in [-0.4, -0.2) is 40.2 Å². The molecule has 2 N–H and O–H groups in total. The first-order valence-corrected chi connectivity index (χ1v) is 7.19. The van der Waals surface area contributed by atoms with Gasteiger partial charge in [0.05, 0.1) is 17.6 Å². The third kappa shape index (κ3) is 3.58. The van der Waals surface area contributed by atoms with E-state index in [1.807, 2.05) is 6.92 Å². The van der Waals surface area contributed by atoms with Crippen molar-refractivity contribution in [3.63, 3.8) is 0 Å². The number of nitro benzene ring substituents is 1. The largest absolute Gasteiger partial charge is 0.423 e. The van der Waals surface area contributed by atoms with Crippen LogP contribution in [0.1, 0.15) is 18.9 Å². The molecular formula is C14H16F3N3O4. The Balaban J connectivity index is 2.24. The number of alkyl halides is 3. The van der Waals surface area contributed by atoms with Gasteiger partial charge in [0, 0.05) is 18.3 Å². The minimum absolute atomic E-state index is 0.0725. The average Bonchev–Trinajstić information content (AvgIpc) is 2.87. The molecule has 24 heavy (non-hydrogen) atoms. The normalized spacial score (nSPS) is 21.0. The van der Waals surface area contributed by atoms with Gasteiger partial charge in [0.1, 0.15) is 5.56 Å². The number of amides is 2. The van der Waals surface area contributed by atoms with Crippen molar-refractivity contribution in [2.45, 2.75) is 25.6 Å². The smallest absolute Gasteiger partial charge is 0.394 e. The van der Waals surface area contributed by atoms with Crippen molar-refractivity contribution in [2.75, 3.05) is 18.5 Å². The molecule has 1 saturated heterocycles. The van der Waals surface area contributed by atoms with E-state index in [1.54, 1.807) is 0 Å². The summed E-state index contributed by atoms with van der Waals surface area (Å²) in [4.78, 5) is 23.1. The van der Waals surface area contributed by atoms with Gasteiger partial charge < -0.3 is 15.3 Å². The maximum absolute atomic E-state index is 12.9. The molecule has 1 heterocycles. The molecule has 0 radical (unpaired) electrons. The lowest BCUT2D eigenvalue weighted by atomic mass is 10.0. The van der Waals surface area contributed by atoms with Crippen molar-refractivity contribution in [2.24, 2.45) is 5.92 Å². The Morgan fingerprint density at radius 3 is 2.71 bits per heavy atom. The van der Waals surface area contributed by atoms with Gasteiger partial charge in [-0.05, 0) is 24.5 Å². The average molecular weight is 347 g/mol. The van der Waals surface area contributed by atoms with Crippen LogP contribution in [-0.2, 0) is 6.18 Å². The Morgan fingerprint density at radius 2 is 2.17 bits per heavy atom. The number of urea groups is 1. The molecular weight excluding hydrogens is 331 g/mol. The van der Waals surface area contributed by atoms with E-state index < -0.39 is 34.4 Å². The topological polar surface area (TPSA) is 95.7 Å². The highest BCUT2D eigenvalue weighted by atomic mass is 19.4. The van der Waals surface area contributed by atoms with Crippen LogP contribution >= 0.6 is 0 Å². The molecule has 0 aliphatic carbocycles. The maximum atomic E-state index is 12.9. The fraction of sp³-hybridized carbons (Fsp3) is 0.500. The molecule has 2 amide bonds. The third-order valence-corrected chi connectivity index (χ3v) is 4.08. The number of aliphatic hydroxyl groups is 1. The van der Waals surface area contributed by atoms with Gasteiger partial charge >= 0.3 is 12.2 Å². The summed E-state index contributed by atoms with van der Waals surface area (Å²) >= 11 is 0. The number of nitrogens with zero attached hydrogens (tertiary/aromatic N) is 2. The van der Waals surface area contributed by atoms with Crippen molar-refractivity contribution in [1.29, 1.82) is 0 Å². The highest BCUT2D eigenvalue weighted by molar-refractivity contribution is 5.90. The highest BCUT2D eigenvalue weighted by Crippen LogP contribution is 2.37. The van der Waals surface area contributed by atoms with Gasteiger partial charge in [0.2, 0.25) is 0 Å².